The first-order valence-corrected chi connectivity index (χ1v) is 29.0. The van der Waals surface area contributed by atoms with Gasteiger partial charge in [-0.1, -0.05) is 213 Å². The highest BCUT2D eigenvalue weighted by Crippen LogP contribution is 2.57. The monoisotopic (exact) mass is 1030 g/mol. The van der Waals surface area contributed by atoms with Crippen LogP contribution >= 0.6 is 0 Å². The van der Waals surface area contributed by atoms with Crippen molar-refractivity contribution in [2.24, 2.45) is 0 Å². The molecule has 0 aliphatic heterocycles. The molecular formula is C78H64N2. The zero-order chi connectivity index (χ0) is 54.2. The predicted molar refractivity (Wildman–Crippen MR) is 338 cm³/mol. The average Bonchev–Trinajstić information content (AvgIpc) is 4.07. The first-order chi connectivity index (χ1) is 38.7. The summed E-state index contributed by atoms with van der Waals surface area (Å²) in [5.41, 5.74) is 30.8. The number of benzene rings is 11. The molecule has 2 heteroatoms. The van der Waals surface area contributed by atoms with Crippen LogP contribution in [0.1, 0.15) is 117 Å². The third kappa shape index (κ3) is 6.36. The van der Waals surface area contributed by atoms with Gasteiger partial charge in [-0.15, -0.1) is 0 Å². The van der Waals surface area contributed by atoms with E-state index >= 15 is 0 Å². The van der Waals surface area contributed by atoms with E-state index in [1.807, 2.05) is 0 Å². The number of allylic oxidation sites excluding steroid dienone is 1. The Morgan fingerprint density at radius 1 is 0.312 bits per heavy atom. The van der Waals surface area contributed by atoms with Gasteiger partial charge in [0.2, 0.25) is 0 Å². The van der Waals surface area contributed by atoms with Crippen molar-refractivity contribution in [1.29, 1.82) is 0 Å². The summed E-state index contributed by atoms with van der Waals surface area (Å²) < 4.78 is 0. The first kappa shape index (κ1) is 47.3. The molecule has 0 aromatic heterocycles. The van der Waals surface area contributed by atoms with Crippen molar-refractivity contribution in [2.45, 2.75) is 89.9 Å². The molecule has 80 heavy (non-hydrogen) atoms. The van der Waals surface area contributed by atoms with Crippen LogP contribution in [0, 0.1) is 0 Å². The van der Waals surface area contributed by atoms with Crippen LogP contribution in [-0.2, 0) is 28.1 Å². The van der Waals surface area contributed by atoms with Gasteiger partial charge in [0.15, 0.2) is 0 Å². The molecule has 0 saturated heterocycles. The fourth-order valence-corrected chi connectivity index (χ4v) is 15.8. The Balaban J connectivity index is 0.970. The van der Waals surface area contributed by atoms with Gasteiger partial charge in [0, 0.05) is 49.8 Å². The Morgan fingerprint density at radius 3 is 1.18 bits per heavy atom. The predicted octanol–water partition coefficient (Wildman–Crippen LogP) is 21.1. The number of nitrogens with zero attached hydrogens (tertiary/aromatic N) is 2. The van der Waals surface area contributed by atoms with Crippen molar-refractivity contribution in [2.75, 3.05) is 9.80 Å². The molecule has 2 nitrogen and oxygen atoms in total. The number of anilines is 6. The minimum atomic E-state index is -0.172. The summed E-state index contributed by atoms with van der Waals surface area (Å²) in [5, 5.41) is 5.03. The standard InChI is InChI=1S/C78H64N2/c1-75(2)66-31-19-15-23-54(66)62-43-48(35-39-68(62)75)79(50-33-37-56-52-21-13-17-29-64(52)77(5,6)70(56)45-50)72-41-47-42-73(59-26-10-12-28-61(59)74(47)60-27-11-9-25-58(60)72)80(49-36-40-69-63(44-49)55-24-16-20-32-67(55)76(69,3)4)51-34-38-57-53-22-14-18-30-65(53)78(7,8)71(57)46-51/h9,11-25,27-46H,10,26H2,1-8H3. The highest BCUT2D eigenvalue weighted by atomic mass is 15.2. The molecule has 0 saturated carbocycles. The van der Waals surface area contributed by atoms with Gasteiger partial charge >= 0.3 is 0 Å². The summed E-state index contributed by atoms with van der Waals surface area (Å²) in [4.78, 5) is 5.21. The lowest BCUT2D eigenvalue weighted by Gasteiger charge is -2.33. The van der Waals surface area contributed by atoms with Crippen LogP contribution in [0.15, 0.2) is 212 Å². The highest BCUT2D eigenvalue weighted by molar-refractivity contribution is 6.19. The minimum Gasteiger partial charge on any atom is -0.310 e. The molecule has 386 valence electrons. The van der Waals surface area contributed by atoms with Crippen LogP contribution in [0.3, 0.4) is 0 Å². The van der Waals surface area contributed by atoms with E-state index in [4.69, 9.17) is 0 Å². The quantitative estimate of drug-likeness (QED) is 0.153. The summed E-state index contributed by atoms with van der Waals surface area (Å²) in [7, 11) is 0. The van der Waals surface area contributed by atoms with Gasteiger partial charge in [0.05, 0.1) is 11.4 Å². The van der Waals surface area contributed by atoms with Crippen molar-refractivity contribution >= 4 is 61.7 Å². The van der Waals surface area contributed by atoms with Crippen molar-refractivity contribution in [3.63, 3.8) is 0 Å². The Labute approximate surface area is 471 Å². The largest absolute Gasteiger partial charge is 0.310 e. The molecule has 11 aromatic carbocycles. The second-order valence-electron chi connectivity index (χ2n) is 25.5. The number of rotatable bonds is 6. The molecule has 0 unspecified atom stereocenters. The van der Waals surface area contributed by atoms with E-state index in [9.17, 15) is 0 Å². The van der Waals surface area contributed by atoms with Gasteiger partial charge < -0.3 is 9.80 Å². The van der Waals surface area contributed by atoms with Gasteiger partial charge in [-0.05, 0) is 190 Å². The molecule has 5 aliphatic rings. The van der Waals surface area contributed by atoms with E-state index in [1.165, 1.54) is 139 Å². The number of hydrogen-bond donors (Lipinski definition) is 0. The summed E-state index contributed by atoms with van der Waals surface area (Å²) in [6, 6.07) is 79.7. The third-order valence-electron chi connectivity index (χ3n) is 19.9. The van der Waals surface area contributed by atoms with Gasteiger partial charge in [-0.25, -0.2) is 0 Å². The van der Waals surface area contributed by atoms with Crippen molar-refractivity contribution in [1.82, 2.24) is 0 Å². The lowest BCUT2D eigenvalue weighted by Crippen LogP contribution is -2.18. The second-order valence-corrected chi connectivity index (χ2v) is 25.5. The molecule has 5 aliphatic carbocycles. The van der Waals surface area contributed by atoms with Gasteiger partial charge in [-0.2, -0.15) is 0 Å². The SMILES string of the molecule is CC1(C)c2ccccc2-c2cc(N(c3ccc4c(c3)C(C)(C)c3ccccc3-4)c3cc4cc(N(c5ccc6c(c5)-c5ccccc5C6(C)C)c5ccc6c(c5)C(C)(C)c5ccccc5-6)c5ccccc5c4c4c3CCC=C4)ccc21. The molecule has 0 spiro atoms. The highest BCUT2D eigenvalue weighted by Gasteiger charge is 2.41. The van der Waals surface area contributed by atoms with Gasteiger partial charge in [0.1, 0.15) is 0 Å². The van der Waals surface area contributed by atoms with Gasteiger partial charge in [-0.3, -0.25) is 0 Å². The maximum atomic E-state index is 2.62. The Kier molecular flexibility index (Phi) is 9.71. The Hall–Kier alpha value is -8.72. The molecule has 0 fully saturated rings. The maximum absolute atomic E-state index is 2.62. The van der Waals surface area contributed by atoms with Crippen LogP contribution in [0.5, 0.6) is 0 Å². The summed E-state index contributed by atoms with van der Waals surface area (Å²) in [5.74, 6) is 0. The average molecular weight is 1030 g/mol. The molecule has 0 radical (unpaired) electrons. The Bertz CT molecular complexity index is 4560. The van der Waals surface area contributed by atoms with Crippen LogP contribution in [-0.4, -0.2) is 0 Å². The van der Waals surface area contributed by atoms with Crippen LogP contribution in [0.4, 0.5) is 34.1 Å². The molecule has 16 rings (SSSR count). The van der Waals surface area contributed by atoms with Crippen molar-refractivity contribution < 1.29 is 0 Å². The number of fused-ring (bicyclic) bond motifs is 17. The third-order valence-corrected chi connectivity index (χ3v) is 19.9. The zero-order valence-corrected chi connectivity index (χ0v) is 47.1. The molecule has 0 atom stereocenters. The van der Waals surface area contributed by atoms with E-state index in [0.29, 0.717) is 0 Å². The number of hydrogen-bond acceptors (Lipinski definition) is 2. The van der Waals surface area contributed by atoms with E-state index in [0.717, 1.165) is 29.9 Å². The molecule has 0 amide bonds. The minimum absolute atomic E-state index is 0.105. The fourth-order valence-electron chi connectivity index (χ4n) is 15.8. The molecule has 11 aromatic rings. The van der Waals surface area contributed by atoms with Crippen LogP contribution < -0.4 is 9.80 Å². The van der Waals surface area contributed by atoms with E-state index in [1.54, 1.807) is 0 Å². The van der Waals surface area contributed by atoms with Gasteiger partial charge in [0.25, 0.3) is 0 Å². The first-order valence-electron chi connectivity index (χ1n) is 29.0. The van der Waals surface area contributed by atoms with E-state index in [2.05, 4.69) is 284 Å². The normalized spacial score (nSPS) is 16.2. The maximum Gasteiger partial charge on any atom is 0.0546 e. The second kappa shape index (κ2) is 16.4. The zero-order valence-electron chi connectivity index (χ0n) is 47.1. The molecule has 0 bridgehead atoms. The Morgan fingerprint density at radius 2 is 0.675 bits per heavy atom. The smallest absolute Gasteiger partial charge is 0.0546 e. The topological polar surface area (TPSA) is 6.48 Å². The molecule has 0 heterocycles. The van der Waals surface area contributed by atoms with Crippen molar-refractivity contribution in [3.8, 4) is 44.5 Å². The van der Waals surface area contributed by atoms with Crippen LogP contribution in [0.25, 0.3) is 72.1 Å². The van der Waals surface area contributed by atoms with E-state index < -0.39 is 0 Å². The summed E-state index contributed by atoms with van der Waals surface area (Å²) in [6.45, 7) is 19.1. The van der Waals surface area contributed by atoms with Crippen LogP contribution in [0.2, 0.25) is 0 Å². The summed E-state index contributed by atoms with van der Waals surface area (Å²) in [6.07, 6.45) is 6.77. The molecular weight excluding hydrogens is 965 g/mol. The fraction of sp³-hybridized carbons (Fsp3) is 0.179. The summed E-state index contributed by atoms with van der Waals surface area (Å²) >= 11 is 0. The molecule has 0 N–H and O–H groups in total. The van der Waals surface area contributed by atoms with Crippen molar-refractivity contribution in [3.05, 3.63) is 268 Å². The lowest BCUT2D eigenvalue weighted by molar-refractivity contribution is 0.660. The van der Waals surface area contributed by atoms with E-state index in [-0.39, 0.29) is 21.7 Å². The lowest BCUT2D eigenvalue weighted by atomic mass is 9.82.